The number of aromatic nitrogens is 2. The molecule has 196 valence electrons. The molecule has 0 aliphatic heterocycles. The largest absolute Gasteiger partial charge is 0.289 e. The molecule has 1 aliphatic carbocycles. The zero-order valence-electron chi connectivity index (χ0n) is 19.6. The van der Waals surface area contributed by atoms with Gasteiger partial charge in [-0.3, -0.25) is 9.59 Å². The Balaban J connectivity index is 1.26. The van der Waals surface area contributed by atoms with Gasteiger partial charge in [0.25, 0.3) is 0 Å². The number of fused-ring (bicyclic) bond motifs is 4. The lowest BCUT2D eigenvalue weighted by molar-refractivity contribution is 0.0974. The van der Waals surface area contributed by atoms with Crippen molar-refractivity contribution in [2.45, 2.75) is 18.5 Å². The van der Waals surface area contributed by atoms with Gasteiger partial charge in [0.2, 0.25) is 0 Å². The Morgan fingerprint density at radius 3 is 1.40 bits per heavy atom. The Kier molecular flexibility index (Phi) is 6.88. The molecule has 6 aromatic rings. The Morgan fingerprint density at radius 2 is 0.975 bits per heavy atom. The topological polar surface area (TPSA) is 59.9 Å². The van der Waals surface area contributed by atoms with Crippen LogP contribution < -0.4 is 0 Å². The number of nitrogens with zero attached hydrogens (tertiary/aromatic N) is 2. The molecule has 0 unspecified atom stereocenters. The van der Waals surface area contributed by atoms with E-state index in [9.17, 15) is 9.59 Å². The van der Waals surface area contributed by atoms with Gasteiger partial charge >= 0.3 is 0 Å². The van der Waals surface area contributed by atoms with Crippen LogP contribution >= 0.6 is 92.6 Å². The van der Waals surface area contributed by atoms with E-state index < -0.39 is 0 Å². The maximum Gasteiger partial charge on any atom is 0.195 e. The highest BCUT2D eigenvalue weighted by Crippen LogP contribution is 2.44. The Labute approximate surface area is 263 Å². The summed E-state index contributed by atoms with van der Waals surface area (Å²) in [4.78, 5) is 38.4. The quantitative estimate of drug-likeness (QED) is 0.185. The van der Waals surface area contributed by atoms with E-state index in [-0.39, 0.29) is 11.6 Å². The predicted octanol–water partition coefficient (Wildman–Crippen LogP) is 10.6. The van der Waals surface area contributed by atoms with Gasteiger partial charge in [-0.25, -0.2) is 9.97 Å². The van der Waals surface area contributed by atoms with Crippen LogP contribution in [0.3, 0.4) is 0 Å². The predicted molar refractivity (Wildman–Crippen MR) is 167 cm³/mol. The molecule has 4 aromatic carbocycles. The van der Waals surface area contributed by atoms with Crippen LogP contribution in [-0.2, 0) is 0 Å². The average Bonchev–Trinajstić information content (AvgIpc) is 3.49. The van der Waals surface area contributed by atoms with Crippen LogP contribution in [0.4, 0.5) is 0 Å². The molecule has 2 aromatic heterocycles. The summed E-state index contributed by atoms with van der Waals surface area (Å²) in [5, 5.41) is 1.77. The lowest BCUT2D eigenvalue weighted by atomic mass is 9.84. The van der Waals surface area contributed by atoms with E-state index in [1.807, 2.05) is 12.1 Å². The van der Waals surface area contributed by atoms with E-state index in [0.717, 1.165) is 20.4 Å². The van der Waals surface area contributed by atoms with Crippen molar-refractivity contribution in [1.82, 2.24) is 9.97 Å². The highest BCUT2D eigenvalue weighted by Gasteiger charge is 2.34. The lowest BCUT2D eigenvalue weighted by Gasteiger charge is -2.21. The number of ketones is 2. The van der Waals surface area contributed by atoms with Gasteiger partial charge < -0.3 is 0 Å². The van der Waals surface area contributed by atoms with Crippen molar-refractivity contribution in [3.05, 3.63) is 103 Å². The van der Waals surface area contributed by atoms with E-state index in [1.165, 1.54) is 46.2 Å². The summed E-state index contributed by atoms with van der Waals surface area (Å²) in [6.07, 6.45) is 0. The number of carbonyl (C=O) groups is 2. The summed E-state index contributed by atoms with van der Waals surface area (Å²) in [5.74, 6) is -0.407. The monoisotopic (exact) mass is 674 g/mol. The first-order chi connectivity index (χ1) is 19.3. The van der Waals surface area contributed by atoms with Crippen molar-refractivity contribution in [2.24, 2.45) is 0 Å². The van der Waals surface area contributed by atoms with Crippen molar-refractivity contribution in [1.29, 1.82) is 0 Å². The van der Waals surface area contributed by atoms with E-state index in [0.29, 0.717) is 60.8 Å². The molecule has 0 saturated carbocycles. The smallest absolute Gasteiger partial charge is 0.195 e. The standard InChI is InChI=1S/C28H10Cl4N2O2S4/c29-13-7-17-21(9-15(13)31)39-27(33-17)37-19-5-1-3-11-23(19)26(36)12-4-2-6-20(24(12)25(11)35)38-28-34-18-8-14(30)16(32)10-22(18)40-28/h1-10H. The molecule has 12 heteroatoms. The molecule has 0 spiro atoms. The van der Waals surface area contributed by atoms with Gasteiger partial charge in [-0.05, 0) is 36.4 Å². The first-order valence-corrected chi connectivity index (χ1v) is 16.3. The van der Waals surface area contributed by atoms with Gasteiger partial charge in [0.05, 0.1) is 40.5 Å². The van der Waals surface area contributed by atoms with Crippen LogP contribution in [0.1, 0.15) is 31.8 Å². The second-order valence-corrected chi connectivity index (χ2v) is 14.9. The molecule has 2 heterocycles. The number of rotatable bonds is 4. The molecule has 0 saturated heterocycles. The second-order valence-electron chi connectivity index (χ2n) is 8.65. The van der Waals surface area contributed by atoms with E-state index in [4.69, 9.17) is 46.4 Å². The van der Waals surface area contributed by atoms with Crippen molar-refractivity contribution in [3.63, 3.8) is 0 Å². The molecule has 0 fully saturated rings. The van der Waals surface area contributed by atoms with Crippen molar-refractivity contribution >= 4 is 125 Å². The van der Waals surface area contributed by atoms with Crippen LogP contribution in [0.2, 0.25) is 20.1 Å². The first kappa shape index (κ1) is 26.7. The fraction of sp³-hybridized carbons (Fsp3) is 0. The van der Waals surface area contributed by atoms with Gasteiger partial charge in [-0.2, -0.15) is 0 Å². The number of carbonyl (C=O) groups excluding carboxylic acids is 2. The molecule has 0 bridgehead atoms. The van der Waals surface area contributed by atoms with Gasteiger partial charge in [-0.15, -0.1) is 22.7 Å². The molecule has 7 rings (SSSR count). The van der Waals surface area contributed by atoms with Gasteiger partial charge in [0, 0.05) is 32.0 Å². The number of benzene rings is 4. The van der Waals surface area contributed by atoms with E-state index in [2.05, 4.69) is 9.97 Å². The number of thiazole rings is 2. The Morgan fingerprint density at radius 1 is 0.575 bits per heavy atom. The molecule has 0 radical (unpaired) electrons. The lowest BCUT2D eigenvalue weighted by Crippen LogP contribution is -2.22. The third-order valence-electron chi connectivity index (χ3n) is 6.21. The van der Waals surface area contributed by atoms with Crippen LogP contribution in [0.15, 0.2) is 79.1 Å². The number of hydrogen-bond donors (Lipinski definition) is 0. The number of hydrogen-bond acceptors (Lipinski definition) is 8. The molecular formula is C28H10Cl4N2O2S4. The summed E-state index contributed by atoms with van der Waals surface area (Å²) in [6.45, 7) is 0. The normalized spacial score (nSPS) is 12.8. The minimum Gasteiger partial charge on any atom is -0.289 e. The third kappa shape index (κ3) is 4.55. The average molecular weight is 676 g/mol. The minimum atomic E-state index is -0.204. The van der Waals surface area contributed by atoms with Crippen molar-refractivity contribution in [3.8, 4) is 0 Å². The molecule has 40 heavy (non-hydrogen) atoms. The van der Waals surface area contributed by atoms with Crippen molar-refractivity contribution in [2.75, 3.05) is 0 Å². The maximum absolute atomic E-state index is 13.9. The SMILES string of the molecule is O=C1c2cccc(Sc3nc4cc(Cl)c(Cl)cc4s3)c2C(=O)c2cccc(Sc3nc4cc(Cl)c(Cl)cc4s3)c21. The summed E-state index contributed by atoms with van der Waals surface area (Å²) in [7, 11) is 0. The Bertz CT molecular complexity index is 1850. The molecule has 0 atom stereocenters. The summed E-state index contributed by atoms with van der Waals surface area (Å²) >= 11 is 30.3. The van der Waals surface area contributed by atoms with Crippen LogP contribution in [-0.4, -0.2) is 21.5 Å². The second kappa shape index (κ2) is 10.3. The van der Waals surface area contributed by atoms with Crippen LogP contribution in [0.5, 0.6) is 0 Å². The summed E-state index contributed by atoms with van der Waals surface area (Å²) < 4.78 is 3.20. The fourth-order valence-corrected chi connectivity index (χ4v) is 9.62. The molecule has 0 amide bonds. The first-order valence-electron chi connectivity index (χ1n) is 11.5. The van der Waals surface area contributed by atoms with Gasteiger partial charge in [-0.1, -0.05) is 94.2 Å². The molecule has 4 nitrogen and oxygen atoms in total. The molecular weight excluding hydrogens is 666 g/mol. The highest BCUT2D eigenvalue weighted by molar-refractivity contribution is 8.01. The van der Waals surface area contributed by atoms with Crippen LogP contribution in [0, 0.1) is 0 Å². The minimum absolute atomic E-state index is 0.204. The van der Waals surface area contributed by atoms with E-state index in [1.54, 1.807) is 48.5 Å². The zero-order chi connectivity index (χ0) is 27.7. The van der Waals surface area contributed by atoms with E-state index >= 15 is 0 Å². The van der Waals surface area contributed by atoms with Gasteiger partial charge in [0.1, 0.15) is 0 Å². The zero-order valence-corrected chi connectivity index (χ0v) is 25.9. The molecule has 1 aliphatic rings. The fourth-order valence-electron chi connectivity index (χ4n) is 4.43. The maximum atomic E-state index is 13.9. The Hall–Kier alpha value is -2.14. The summed E-state index contributed by atoms with van der Waals surface area (Å²) in [6, 6.07) is 17.6. The van der Waals surface area contributed by atoms with Crippen molar-refractivity contribution < 1.29 is 9.59 Å². The molecule has 0 N–H and O–H groups in total. The third-order valence-corrected chi connectivity index (χ3v) is 11.9. The number of halogens is 4. The highest BCUT2D eigenvalue weighted by atomic mass is 35.5. The van der Waals surface area contributed by atoms with Crippen LogP contribution in [0.25, 0.3) is 20.4 Å². The van der Waals surface area contributed by atoms with Gasteiger partial charge in [0.15, 0.2) is 20.2 Å². The summed E-state index contributed by atoms with van der Waals surface area (Å²) in [5.41, 5.74) is 2.94.